The molecule has 0 aliphatic heterocycles. The van der Waals surface area contributed by atoms with Gasteiger partial charge in [0.05, 0.1) is 25.9 Å². The maximum atomic E-state index is 13.6. The zero-order valence-corrected chi connectivity index (χ0v) is 20.5. The van der Waals surface area contributed by atoms with E-state index < -0.39 is 7.75 Å². The standard InChI is InChI=1S/C19H19N2O5P.C7H5NO/c1-23-16-3-7-18(8-4-16)25-27(22,21-13-11-15(20)12-14-21)26-19-9-5-17(24-2)6-10-19;8-5-6-1-3-7(9)4-2-6/h3-14,20H,1-2H3;1-4,9H. The van der Waals surface area contributed by atoms with Crippen molar-refractivity contribution in [2.45, 2.75) is 0 Å². The number of anilines is 1. The van der Waals surface area contributed by atoms with Gasteiger partial charge in [0, 0.05) is 17.8 Å². The van der Waals surface area contributed by atoms with Crippen LogP contribution in [0.1, 0.15) is 5.56 Å². The summed E-state index contributed by atoms with van der Waals surface area (Å²) in [6.45, 7) is 0. The van der Waals surface area contributed by atoms with Crippen molar-refractivity contribution < 1.29 is 32.5 Å². The van der Waals surface area contributed by atoms with Crippen LogP contribution in [0.3, 0.4) is 0 Å². The number of rotatable bonds is 7. The number of nitrogens with two attached hydrogens (primary N) is 1. The number of nitrogens with zero attached hydrogens (tertiary/aromatic N) is 2. The number of hydrogen-bond donors (Lipinski definition) is 1. The fourth-order valence-electron chi connectivity index (χ4n) is 2.78. The maximum absolute atomic E-state index is 13.6. The minimum absolute atomic E-state index is 0.0611. The van der Waals surface area contributed by atoms with Gasteiger partial charge in [0.25, 0.3) is 0 Å². The third kappa shape index (κ3) is 7.16. The van der Waals surface area contributed by atoms with Gasteiger partial charge in [0.15, 0.2) is 12.4 Å². The molecule has 4 aromatic rings. The van der Waals surface area contributed by atoms with Gasteiger partial charge < -0.3 is 29.4 Å². The summed E-state index contributed by atoms with van der Waals surface area (Å²) in [5, 5.41) is 18.7. The van der Waals surface area contributed by atoms with Crippen molar-refractivity contribution in [3.8, 4) is 34.8 Å². The lowest BCUT2D eigenvalue weighted by atomic mass is 10.2. The highest BCUT2D eigenvalue weighted by Crippen LogP contribution is 2.44. The van der Waals surface area contributed by atoms with Crippen LogP contribution in [0.5, 0.6) is 28.7 Å². The lowest BCUT2D eigenvalue weighted by Gasteiger charge is -2.14. The molecule has 184 valence electrons. The Morgan fingerprint density at radius 3 is 1.56 bits per heavy atom. The normalized spacial score (nSPS) is 10.2. The third-order valence-electron chi connectivity index (χ3n) is 4.67. The zero-order chi connectivity index (χ0) is 26.0. The minimum Gasteiger partial charge on any atom is -0.872 e. The van der Waals surface area contributed by atoms with E-state index in [1.54, 1.807) is 87.3 Å². The monoisotopic (exact) mass is 505 g/mol. The van der Waals surface area contributed by atoms with E-state index in [1.165, 1.54) is 28.6 Å². The van der Waals surface area contributed by atoms with Crippen LogP contribution in [0.2, 0.25) is 0 Å². The van der Waals surface area contributed by atoms with Crippen LogP contribution < -0.4 is 33.7 Å². The van der Waals surface area contributed by atoms with E-state index >= 15 is 0 Å². The Balaban J connectivity index is 0.000000338. The number of pyridine rings is 1. The molecule has 0 aliphatic carbocycles. The summed E-state index contributed by atoms with van der Waals surface area (Å²) in [5.41, 5.74) is 6.78. The zero-order valence-electron chi connectivity index (χ0n) is 19.6. The van der Waals surface area contributed by atoms with E-state index in [9.17, 15) is 9.67 Å². The molecule has 4 rings (SSSR count). The lowest BCUT2D eigenvalue weighted by Crippen LogP contribution is -2.35. The fourth-order valence-corrected chi connectivity index (χ4v) is 4.24. The predicted molar refractivity (Wildman–Crippen MR) is 132 cm³/mol. The highest BCUT2D eigenvalue weighted by atomic mass is 31.2. The molecule has 3 aromatic carbocycles. The first kappa shape index (κ1) is 25.9. The molecule has 0 aliphatic rings. The number of aromatic nitrogens is 1. The second-order valence-electron chi connectivity index (χ2n) is 7.15. The van der Waals surface area contributed by atoms with E-state index in [2.05, 4.69) is 0 Å². The molecule has 10 heteroatoms. The number of hydrogen-bond acceptors (Lipinski definition) is 8. The highest BCUT2D eigenvalue weighted by molar-refractivity contribution is 7.47. The molecular formula is C26H24N3O6P. The number of nitrogen functional groups attached to an aromatic ring is 1. The summed E-state index contributed by atoms with van der Waals surface area (Å²) in [4.78, 5) is 0. The van der Waals surface area contributed by atoms with E-state index in [0.717, 1.165) is 0 Å². The van der Waals surface area contributed by atoms with Gasteiger partial charge in [-0.3, -0.25) is 0 Å². The Labute approximate surface area is 209 Å². The number of methoxy groups -OCH3 is 2. The van der Waals surface area contributed by atoms with Crippen LogP contribution in [-0.2, 0) is 4.57 Å². The molecule has 0 fully saturated rings. The average molecular weight is 505 g/mol. The quantitative estimate of drug-likeness (QED) is 0.368. The second-order valence-corrected chi connectivity index (χ2v) is 8.91. The topological polar surface area (TPSA) is 131 Å². The fraction of sp³-hybridized carbons (Fsp3) is 0.0769. The van der Waals surface area contributed by atoms with Gasteiger partial charge >= 0.3 is 7.75 Å². The maximum Gasteiger partial charge on any atom is 0.728 e. The molecule has 9 nitrogen and oxygen atoms in total. The van der Waals surface area contributed by atoms with E-state index in [1.807, 2.05) is 6.07 Å². The van der Waals surface area contributed by atoms with E-state index in [4.69, 9.17) is 29.5 Å². The third-order valence-corrected chi connectivity index (χ3v) is 6.38. The molecule has 0 bridgehead atoms. The van der Waals surface area contributed by atoms with Crippen LogP contribution >= 0.6 is 7.75 Å². The first-order valence-corrected chi connectivity index (χ1v) is 12.1. The van der Waals surface area contributed by atoms with Gasteiger partial charge in [0.2, 0.25) is 0 Å². The molecule has 0 saturated carbocycles. The summed E-state index contributed by atoms with van der Waals surface area (Å²) in [6, 6.07) is 24.3. The second kappa shape index (κ2) is 12.2. The molecule has 2 N–H and O–H groups in total. The van der Waals surface area contributed by atoms with Crippen LogP contribution in [0.4, 0.5) is 5.69 Å². The summed E-state index contributed by atoms with van der Waals surface area (Å²) >= 11 is 0. The van der Waals surface area contributed by atoms with Gasteiger partial charge in [-0.2, -0.15) is 9.83 Å². The van der Waals surface area contributed by atoms with E-state index in [0.29, 0.717) is 34.2 Å². The van der Waals surface area contributed by atoms with E-state index in [-0.39, 0.29) is 5.75 Å². The van der Waals surface area contributed by atoms with Crippen LogP contribution in [-0.4, -0.2) is 14.2 Å². The van der Waals surface area contributed by atoms with Crippen molar-refractivity contribution in [1.29, 1.82) is 5.26 Å². The molecule has 0 amide bonds. The Morgan fingerprint density at radius 1 is 0.750 bits per heavy atom. The van der Waals surface area contributed by atoms with Crippen molar-refractivity contribution in [1.82, 2.24) is 0 Å². The summed E-state index contributed by atoms with van der Waals surface area (Å²) in [6.07, 6.45) is 3.09. The Kier molecular flexibility index (Phi) is 8.76. The van der Waals surface area contributed by atoms with Crippen LogP contribution in [0.25, 0.3) is 0 Å². The Hall–Kier alpha value is -4.67. The predicted octanol–water partition coefficient (Wildman–Crippen LogP) is 4.32. The number of ether oxygens (including phenoxy) is 2. The van der Waals surface area contributed by atoms with Crippen molar-refractivity contribution in [2.24, 2.45) is 0 Å². The molecule has 0 unspecified atom stereocenters. The molecule has 0 radical (unpaired) electrons. The van der Waals surface area contributed by atoms with Gasteiger partial charge in [-0.25, -0.2) is 0 Å². The number of benzene rings is 3. The van der Waals surface area contributed by atoms with Crippen molar-refractivity contribution >= 4 is 13.4 Å². The van der Waals surface area contributed by atoms with Crippen molar-refractivity contribution in [3.63, 3.8) is 0 Å². The molecule has 1 heterocycles. The van der Waals surface area contributed by atoms with Crippen LogP contribution in [0.15, 0.2) is 97.3 Å². The van der Waals surface area contributed by atoms with Crippen molar-refractivity contribution in [2.75, 3.05) is 20.0 Å². The Bertz CT molecular complexity index is 1280. The summed E-state index contributed by atoms with van der Waals surface area (Å²) in [5.74, 6) is 2.00. The minimum atomic E-state index is -3.80. The first-order valence-electron chi connectivity index (χ1n) is 10.6. The average Bonchev–Trinajstić information content (AvgIpc) is 2.91. The first-order chi connectivity index (χ1) is 17.3. The molecule has 0 spiro atoms. The molecule has 0 atom stereocenters. The van der Waals surface area contributed by atoms with Gasteiger partial charge in [-0.05, 0) is 60.7 Å². The smallest absolute Gasteiger partial charge is 0.728 e. The lowest BCUT2D eigenvalue weighted by molar-refractivity contribution is -0.536. The van der Waals surface area contributed by atoms with Crippen LogP contribution in [0, 0.1) is 11.3 Å². The largest absolute Gasteiger partial charge is 0.872 e. The number of nitriles is 1. The molecule has 1 aromatic heterocycles. The van der Waals surface area contributed by atoms with Gasteiger partial charge in [-0.1, -0.05) is 16.5 Å². The highest BCUT2D eigenvalue weighted by Gasteiger charge is 2.42. The van der Waals surface area contributed by atoms with Crippen molar-refractivity contribution in [3.05, 3.63) is 103 Å². The SMILES string of the molecule is COc1ccc(OP(=O)(Oc2ccc(OC)cc2)[n+]2ccc(N)cc2)cc1.N#Cc1ccc([O-])cc1. The molecule has 36 heavy (non-hydrogen) atoms. The summed E-state index contributed by atoms with van der Waals surface area (Å²) < 4.78 is 36.7. The summed E-state index contributed by atoms with van der Waals surface area (Å²) in [7, 11) is -0.669. The Morgan fingerprint density at radius 2 is 1.17 bits per heavy atom. The molecular weight excluding hydrogens is 481 g/mol. The van der Waals surface area contributed by atoms with Gasteiger partial charge in [0.1, 0.15) is 23.0 Å². The van der Waals surface area contributed by atoms with Gasteiger partial charge in [-0.15, -0.1) is 5.75 Å². The molecule has 0 saturated heterocycles.